The van der Waals surface area contributed by atoms with Crippen LogP contribution in [0.15, 0.2) is 77.5 Å². The van der Waals surface area contributed by atoms with Crippen LogP contribution in [-0.4, -0.2) is 278 Å². The molecule has 0 saturated carbocycles. The van der Waals surface area contributed by atoms with Crippen molar-refractivity contribution < 1.29 is 163 Å². The molecule has 1 fully saturated rings. The molecule has 0 bridgehead atoms. The van der Waals surface area contributed by atoms with Gasteiger partial charge in [0.25, 0.3) is 0 Å². The summed E-state index contributed by atoms with van der Waals surface area (Å²) < 4.78 is 93.4. The topological polar surface area (TPSA) is 529 Å². The lowest BCUT2D eigenvalue weighted by atomic mass is 9.96. The van der Waals surface area contributed by atoms with Gasteiger partial charge in [0.05, 0.1) is 91.8 Å². The van der Waals surface area contributed by atoms with Gasteiger partial charge in [-0.15, -0.1) is 0 Å². The molecular formula is C74H105N7O34. The molecule has 0 aliphatic carbocycles. The number of carbonyl (C=O) groups excluding carboxylic acids is 15. The molecule has 41 heteroatoms. The number of amides is 6. The smallest absolute Gasteiger partial charge is 0.307 e. The number of nitrogens with zero attached hydrogens (tertiary/aromatic N) is 1. The van der Waals surface area contributed by atoms with Gasteiger partial charge in [0, 0.05) is 116 Å². The number of benzene rings is 2. The third-order valence-electron chi connectivity index (χ3n) is 15.0. The minimum absolute atomic E-state index is 0.133. The van der Waals surface area contributed by atoms with Gasteiger partial charge in [-0.2, -0.15) is 0 Å². The van der Waals surface area contributed by atoms with Crippen molar-refractivity contribution in [3.8, 4) is 5.75 Å². The van der Waals surface area contributed by atoms with Crippen molar-refractivity contribution in [1.82, 2.24) is 36.8 Å². The average Bonchev–Trinajstić information content (AvgIpc) is 0.816. The lowest BCUT2D eigenvalue weighted by Gasteiger charge is -2.44. The fourth-order valence-corrected chi connectivity index (χ4v) is 10.6. The molecule has 1 aliphatic heterocycles. The summed E-state index contributed by atoms with van der Waals surface area (Å²) in [7, 11) is 0. The average molecular weight is 1640 g/mol. The molecule has 2 aromatic rings. The van der Waals surface area contributed by atoms with Crippen molar-refractivity contribution in [3.63, 3.8) is 0 Å². The summed E-state index contributed by atoms with van der Waals surface area (Å²) in [5.41, 5.74) is 0.357. The third-order valence-corrected chi connectivity index (χ3v) is 15.0. The van der Waals surface area contributed by atoms with Gasteiger partial charge in [0.15, 0.2) is 54.8 Å². The Balaban J connectivity index is 1.93. The van der Waals surface area contributed by atoms with Crippen molar-refractivity contribution >= 4 is 89.2 Å². The number of hydrogen-bond acceptors (Lipinski definition) is 35. The lowest BCUT2D eigenvalue weighted by molar-refractivity contribution is -0.279. The van der Waals surface area contributed by atoms with Crippen molar-refractivity contribution in [3.05, 3.63) is 88.6 Å². The van der Waals surface area contributed by atoms with Gasteiger partial charge in [0.1, 0.15) is 42.5 Å². The minimum atomic E-state index is -2.05. The number of carbonyl (C=O) groups is 15. The standard InChI is InChI=1S/C74H105N7O34/c1-43(82)78-64(67(111-51(9)90)59(109-49(7)88)22-27-102-46(4)85)72(97)104-35-32-99-29-24-75-62(94)39-81(40-63(95)76-25-30-100-33-36-105-73(98)65(79-44(2)83)68(112-52(10)91)60(110-50(8)89)23-28-103-47(5)86)58(38-55-18-20-57(21-19-55)108-41-56-16-14-13-15-17-56)71(96)77-26-31-101-34-37-106-74-66(80-45(3)84)70(114-54(12)93)69(113-53(11)92)61(115-74)42-107-48(6)87/h13-21,58-61,66,69-70,72-74,97-98H,22-42H2,1-12H3,(H,75,94)(H,76,95)(H,77,96)(H,78,82)(H,79,83)(H,80,84)/b67-64-,68-65-. The number of hydrogen-bond donors (Lipinski definition) is 8. The zero-order valence-electron chi connectivity index (χ0n) is 66.2. The number of ether oxygens (including phenoxy) is 17. The maximum absolute atomic E-state index is 14.7. The molecule has 1 saturated heterocycles. The number of rotatable bonds is 53. The Morgan fingerprint density at radius 1 is 0.461 bits per heavy atom. The number of nitrogens with one attached hydrogen (secondary N) is 6. The van der Waals surface area contributed by atoms with E-state index in [4.69, 9.17) is 80.5 Å². The fraction of sp³-hybridized carbons (Fsp3) is 0.581. The van der Waals surface area contributed by atoms with Gasteiger partial charge in [0.2, 0.25) is 35.4 Å². The van der Waals surface area contributed by atoms with Gasteiger partial charge >= 0.3 is 53.7 Å². The summed E-state index contributed by atoms with van der Waals surface area (Å²) >= 11 is 0. The Kier molecular flexibility index (Phi) is 46.5. The number of aliphatic hydroxyl groups excluding tert-OH is 2. The highest BCUT2D eigenvalue weighted by molar-refractivity contribution is 5.86. The Morgan fingerprint density at radius 3 is 1.34 bits per heavy atom. The first-order valence-electron chi connectivity index (χ1n) is 36.2. The second kappa shape index (κ2) is 54.2. The van der Waals surface area contributed by atoms with Crippen LogP contribution in [0.3, 0.4) is 0 Å². The van der Waals surface area contributed by atoms with Crippen LogP contribution in [0.1, 0.15) is 107 Å². The van der Waals surface area contributed by atoms with E-state index in [0.29, 0.717) is 11.3 Å². The van der Waals surface area contributed by atoms with E-state index in [2.05, 4.69) is 31.9 Å². The maximum atomic E-state index is 14.7. The highest BCUT2D eigenvalue weighted by Crippen LogP contribution is 2.29. The van der Waals surface area contributed by atoms with E-state index in [0.717, 1.165) is 81.7 Å². The fourth-order valence-electron chi connectivity index (χ4n) is 10.6. The Morgan fingerprint density at radius 2 is 0.913 bits per heavy atom. The quantitative estimate of drug-likeness (QED) is 0.0127. The Hall–Kier alpha value is -10.6. The van der Waals surface area contributed by atoms with Crippen LogP contribution in [0.4, 0.5) is 0 Å². The molecule has 10 atom stereocenters. The van der Waals surface area contributed by atoms with Crippen LogP contribution in [0.25, 0.3) is 0 Å². The van der Waals surface area contributed by atoms with Gasteiger partial charge in [-0.3, -0.25) is 76.8 Å². The lowest BCUT2D eigenvalue weighted by Crippen LogP contribution is -2.66. The van der Waals surface area contributed by atoms with Gasteiger partial charge in [-0.1, -0.05) is 42.5 Å². The Bertz CT molecular complexity index is 3470. The highest BCUT2D eigenvalue weighted by atomic mass is 16.7. The van der Waals surface area contributed by atoms with Gasteiger partial charge < -0.3 is 123 Å². The maximum Gasteiger partial charge on any atom is 0.307 e. The van der Waals surface area contributed by atoms with Crippen molar-refractivity contribution in [2.24, 2.45) is 0 Å². The summed E-state index contributed by atoms with van der Waals surface area (Å²) in [5, 5.41) is 37.7. The van der Waals surface area contributed by atoms with Crippen LogP contribution in [0.2, 0.25) is 0 Å². The van der Waals surface area contributed by atoms with E-state index in [-0.39, 0.29) is 105 Å². The van der Waals surface area contributed by atoms with Gasteiger partial charge in [-0.25, -0.2) is 0 Å². The molecule has 1 heterocycles. The summed E-state index contributed by atoms with van der Waals surface area (Å²) in [6.45, 7) is 7.76. The molecular weight excluding hydrogens is 1530 g/mol. The van der Waals surface area contributed by atoms with Crippen LogP contribution < -0.4 is 36.6 Å². The molecule has 10 unspecified atom stereocenters. The third kappa shape index (κ3) is 41.8. The van der Waals surface area contributed by atoms with Crippen LogP contribution >= 0.6 is 0 Å². The molecule has 115 heavy (non-hydrogen) atoms. The van der Waals surface area contributed by atoms with E-state index in [1.54, 1.807) is 24.3 Å². The summed E-state index contributed by atoms with van der Waals surface area (Å²) in [5.74, 6) is -12.3. The minimum Gasteiger partial charge on any atom is -0.489 e. The first-order chi connectivity index (χ1) is 54.5. The van der Waals surface area contributed by atoms with Crippen molar-refractivity contribution in [2.45, 2.75) is 170 Å². The van der Waals surface area contributed by atoms with E-state index in [1.807, 2.05) is 30.3 Å². The van der Waals surface area contributed by atoms with E-state index >= 15 is 0 Å². The second-order valence-corrected chi connectivity index (χ2v) is 25.0. The largest absolute Gasteiger partial charge is 0.489 e. The molecule has 1 aliphatic rings. The molecule has 8 N–H and O–H groups in total. The zero-order valence-corrected chi connectivity index (χ0v) is 66.2. The van der Waals surface area contributed by atoms with E-state index in [9.17, 15) is 82.1 Å². The first-order valence-corrected chi connectivity index (χ1v) is 36.2. The molecule has 41 nitrogen and oxygen atoms in total. The monoisotopic (exact) mass is 1640 g/mol. The van der Waals surface area contributed by atoms with Crippen molar-refractivity contribution in [1.29, 1.82) is 0 Å². The van der Waals surface area contributed by atoms with Crippen LogP contribution in [0, 0.1) is 0 Å². The number of esters is 9. The Labute approximate surface area is 663 Å². The molecule has 640 valence electrons. The predicted octanol–water partition coefficient (Wildman–Crippen LogP) is -1.19. The van der Waals surface area contributed by atoms with E-state index in [1.165, 1.54) is 11.8 Å². The van der Waals surface area contributed by atoms with E-state index < -0.39 is 206 Å². The molecule has 0 radical (unpaired) electrons. The molecule has 6 amide bonds. The summed E-state index contributed by atoms with van der Waals surface area (Å²) in [6, 6.07) is 13.4. The van der Waals surface area contributed by atoms with Crippen LogP contribution in [0.5, 0.6) is 5.75 Å². The van der Waals surface area contributed by atoms with Crippen molar-refractivity contribution in [2.75, 3.05) is 112 Å². The predicted molar refractivity (Wildman–Crippen MR) is 390 cm³/mol. The first kappa shape index (κ1) is 98.6. The summed E-state index contributed by atoms with van der Waals surface area (Å²) in [4.78, 5) is 190. The number of aliphatic hydroxyl groups is 2. The summed E-state index contributed by atoms with van der Waals surface area (Å²) in [6.07, 6.45) is -13.2. The molecule has 2 aromatic carbocycles. The SMILES string of the molecule is CC(=O)N/C(=C(\OC(C)=O)C(CCOC(C)=O)OC(C)=O)C(O)OCCOCCNC(=O)CN(CC(=O)NCCOCCOC(O)/C(NC(C)=O)=C(/OC(C)=O)C(CCOC(C)=O)OC(C)=O)C(Cc1ccc(OCc2ccccc2)cc1)C(=O)NCCOCCOC1OC(COC(C)=O)C(OC(C)=O)C(OC(C)=O)C1NC(C)=O. The second-order valence-electron chi connectivity index (χ2n) is 25.0. The molecule has 3 rings (SSSR count). The zero-order chi connectivity index (χ0) is 85.5. The van der Waals surface area contributed by atoms with Crippen LogP contribution in [-0.2, 0) is 161 Å². The highest BCUT2D eigenvalue weighted by Gasteiger charge is 2.51. The molecule has 0 aromatic heterocycles. The normalized spacial score (nSPS) is 16.7. The van der Waals surface area contributed by atoms with Gasteiger partial charge in [-0.05, 0) is 29.7 Å². The molecule has 0 spiro atoms.